The van der Waals surface area contributed by atoms with Crippen LogP contribution in [0.1, 0.15) is 37.9 Å². The number of aryl methyl sites for hydroxylation is 1. The van der Waals surface area contributed by atoms with E-state index in [1.165, 1.54) is 30.3 Å². The van der Waals surface area contributed by atoms with Gasteiger partial charge in [0, 0.05) is 7.05 Å². The zero-order valence-electron chi connectivity index (χ0n) is 16.0. The van der Waals surface area contributed by atoms with Crippen LogP contribution in [-0.4, -0.2) is 40.7 Å². The van der Waals surface area contributed by atoms with E-state index in [1.807, 2.05) is 0 Å². The molecule has 0 bridgehead atoms. The van der Waals surface area contributed by atoms with Gasteiger partial charge < -0.3 is 14.1 Å². The predicted octanol–water partition coefficient (Wildman–Crippen LogP) is 3.28. The van der Waals surface area contributed by atoms with Crippen molar-refractivity contribution >= 4 is 11.9 Å². The first kappa shape index (κ1) is 19.3. The van der Waals surface area contributed by atoms with Gasteiger partial charge in [0.2, 0.25) is 0 Å². The van der Waals surface area contributed by atoms with Gasteiger partial charge in [-0.2, -0.15) is 5.10 Å². The average Bonchev–Trinajstić information content (AvgIpc) is 3.23. The number of hydrogen-bond acceptors (Lipinski definition) is 5. The average molecular weight is 385 g/mol. The molecule has 1 amide bonds. The van der Waals surface area contributed by atoms with Crippen LogP contribution >= 0.6 is 0 Å². The summed E-state index contributed by atoms with van der Waals surface area (Å²) in [6.45, 7) is 3.61. The zero-order valence-corrected chi connectivity index (χ0v) is 16.0. The minimum absolute atomic E-state index is 0.178. The molecule has 0 saturated carbocycles. The Morgan fingerprint density at radius 2 is 1.89 bits per heavy atom. The topological polar surface area (TPSA) is 77.6 Å². The van der Waals surface area contributed by atoms with Gasteiger partial charge in [-0.15, -0.1) is 0 Å². The van der Waals surface area contributed by atoms with Crippen molar-refractivity contribution in [3.8, 4) is 5.69 Å². The maximum absolute atomic E-state index is 13.1. The molecule has 1 aromatic carbocycles. The maximum atomic E-state index is 13.1. The second-order valence-electron chi connectivity index (χ2n) is 6.37. The van der Waals surface area contributed by atoms with Crippen LogP contribution in [0, 0.1) is 19.7 Å². The Morgan fingerprint density at radius 1 is 1.21 bits per heavy atom. The number of nitrogens with zero attached hydrogens (tertiary/aromatic N) is 3. The fourth-order valence-electron chi connectivity index (χ4n) is 2.91. The highest BCUT2D eigenvalue weighted by Crippen LogP contribution is 2.20. The highest BCUT2D eigenvalue weighted by atomic mass is 19.1. The third kappa shape index (κ3) is 3.66. The Bertz CT molecular complexity index is 1020. The molecule has 0 radical (unpaired) electrons. The number of benzene rings is 1. The number of carbonyl (C=O) groups is 2. The van der Waals surface area contributed by atoms with Gasteiger partial charge >= 0.3 is 5.97 Å². The lowest BCUT2D eigenvalue weighted by atomic mass is 10.2. The Kier molecular flexibility index (Phi) is 5.30. The molecular weight excluding hydrogens is 365 g/mol. The first-order valence-electron chi connectivity index (χ1n) is 8.55. The molecule has 0 spiro atoms. The van der Waals surface area contributed by atoms with E-state index in [0.717, 1.165) is 0 Å². The lowest BCUT2D eigenvalue weighted by Gasteiger charge is -2.15. The maximum Gasteiger partial charge on any atom is 0.341 e. The third-order valence-corrected chi connectivity index (χ3v) is 4.43. The number of halogens is 1. The van der Waals surface area contributed by atoms with Gasteiger partial charge in [0.05, 0.1) is 36.8 Å². The summed E-state index contributed by atoms with van der Waals surface area (Å²) in [6.07, 6.45) is 1.48. The van der Waals surface area contributed by atoms with Crippen LogP contribution in [0.25, 0.3) is 5.69 Å². The Labute approximate surface area is 161 Å². The minimum atomic E-state index is -0.488. The molecule has 0 atom stereocenters. The molecule has 0 fully saturated rings. The van der Waals surface area contributed by atoms with Crippen LogP contribution in [0.5, 0.6) is 0 Å². The SMILES string of the molecule is COC(=O)c1cc(CN(C)C(=O)c2cnn(-c3ccc(F)cc3)c2C)oc1C. The molecule has 0 unspecified atom stereocenters. The normalized spacial score (nSPS) is 10.8. The number of amides is 1. The second kappa shape index (κ2) is 7.67. The van der Waals surface area contributed by atoms with Crippen LogP contribution < -0.4 is 0 Å². The first-order valence-corrected chi connectivity index (χ1v) is 8.55. The number of carbonyl (C=O) groups excluding carboxylic acids is 2. The van der Waals surface area contributed by atoms with Crippen LogP contribution in [-0.2, 0) is 11.3 Å². The van der Waals surface area contributed by atoms with Crippen molar-refractivity contribution < 1.29 is 23.1 Å². The molecule has 0 aliphatic heterocycles. The smallest absolute Gasteiger partial charge is 0.341 e. The van der Waals surface area contributed by atoms with Crippen LogP contribution in [0.4, 0.5) is 4.39 Å². The molecule has 7 nitrogen and oxygen atoms in total. The van der Waals surface area contributed by atoms with Gasteiger partial charge in [0.15, 0.2) is 0 Å². The Morgan fingerprint density at radius 3 is 2.54 bits per heavy atom. The number of hydrogen-bond donors (Lipinski definition) is 0. The lowest BCUT2D eigenvalue weighted by Crippen LogP contribution is -2.26. The van der Waals surface area contributed by atoms with Gasteiger partial charge in [-0.3, -0.25) is 4.79 Å². The van der Waals surface area contributed by atoms with Crippen molar-refractivity contribution in [1.29, 1.82) is 0 Å². The fraction of sp³-hybridized carbons (Fsp3) is 0.250. The lowest BCUT2D eigenvalue weighted by molar-refractivity contribution is 0.0598. The van der Waals surface area contributed by atoms with Crippen LogP contribution in [0.3, 0.4) is 0 Å². The van der Waals surface area contributed by atoms with Crippen LogP contribution in [0.2, 0.25) is 0 Å². The van der Waals surface area contributed by atoms with E-state index in [0.29, 0.717) is 34.0 Å². The molecule has 0 N–H and O–H groups in total. The van der Waals surface area contributed by atoms with Gasteiger partial charge in [-0.05, 0) is 44.2 Å². The van der Waals surface area contributed by atoms with Crippen molar-refractivity contribution in [1.82, 2.24) is 14.7 Å². The summed E-state index contributed by atoms with van der Waals surface area (Å²) in [5.41, 5.74) is 2.04. The first-order chi connectivity index (χ1) is 13.3. The number of methoxy groups -OCH3 is 1. The largest absolute Gasteiger partial charge is 0.465 e. The van der Waals surface area contributed by atoms with E-state index < -0.39 is 5.97 Å². The summed E-state index contributed by atoms with van der Waals surface area (Å²) < 4.78 is 25.0. The fourth-order valence-corrected chi connectivity index (χ4v) is 2.91. The molecule has 0 saturated heterocycles. The number of furan rings is 1. The van der Waals surface area contributed by atoms with Crippen molar-refractivity contribution in [3.05, 3.63) is 70.7 Å². The van der Waals surface area contributed by atoms with E-state index in [9.17, 15) is 14.0 Å². The molecule has 3 rings (SSSR count). The van der Waals surface area contributed by atoms with Crippen molar-refractivity contribution in [3.63, 3.8) is 0 Å². The summed E-state index contributed by atoms with van der Waals surface area (Å²) in [5.74, 6) is -0.178. The van der Waals surface area contributed by atoms with E-state index >= 15 is 0 Å². The zero-order chi connectivity index (χ0) is 20.4. The Balaban J connectivity index is 1.79. The number of aromatic nitrogens is 2. The Hall–Kier alpha value is -3.42. The van der Waals surface area contributed by atoms with E-state index in [4.69, 9.17) is 9.15 Å². The number of rotatable bonds is 5. The van der Waals surface area contributed by atoms with Gasteiger partial charge in [-0.1, -0.05) is 0 Å². The van der Waals surface area contributed by atoms with Crippen molar-refractivity contribution in [2.24, 2.45) is 0 Å². The highest BCUT2D eigenvalue weighted by Gasteiger charge is 2.21. The summed E-state index contributed by atoms with van der Waals surface area (Å²) in [7, 11) is 2.93. The van der Waals surface area contributed by atoms with Crippen molar-refractivity contribution in [2.45, 2.75) is 20.4 Å². The van der Waals surface area contributed by atoms with Crippen molar-refractivity contribution in [2.75, 3.05) is 14.2 Å². The molecule has 8 heteroatoms. The molecule has 2 aromatic heterocycles. The van der Waals surface area contributed by atoms with E-state index in [-0.39, 0.29) is 18.3 Å². The third-order valence-electron chi connectivity index (χ3n) is 4.43. The molecule has 0 aliphatic carbocycles. The molecule has 0 aliphatic rings. The summed E-state index contributed by atoms with van der Waals surface area (Å²) >= 11 is 0. The second-order valence-corrected chi connectivity index (χ2v) is 6.37. The highest BCUT2D eigenvalue weighted by molar-refractivity contribution is 5.95. The summed E-state index contributed by atoms with van der Waals surface area (Å²) in [6, 6.07) is 7.42. The predicted molar refractivity (Wildman–Crippen MR) is 98.8 cm³/mol. The molecule has 28 heavy (non-hydrogen) atoms. The van der Waals surface area contributed by atoms with Crippen LogP contribution in [0.15, 0.2) is 40.9 Å². The van der Waals surface area contributed by atoms with Gasteiger partial charge in [0.1, 0.15) is 22.9 Å². The number of esters is 1. The molecule has 2 heterocycles. The minimum Gasteiger partial charge on any atom is -0.465 e. The summed E-state index contributed by atoms with van der Waals surface area (Å²) in [4.78, 5) is 26.0. The quantitative estimate of drug-likeness (QED) is 0.630. The molecule has 3 aromatic rings. The van der Waals surface area contributed by atoms with Gasteiger partial charge in [0.25, 0.3) is 5.91 Å². The van der Waals surface area contributed by atoms with Gasteiger partial charge in [-0.25, -0.2) is 13.9 Å². The standard InChI is InChI=1S/C20H20FN3O4/c1-12-18(10-22-24(12)15-7-5-14(21)6-8-15)19(25)23(3)11-16-9-17(13(2)28-16)20(26)27-4/h5-10H,11H2,1-4H3. The van der Waals surface area contributed by atoms with E-state index in [1.54, 1.807) is 43.8 Å². The molecular formula is C20H20FN3O4. The monoisotopic (exact) mass is 385 g/mol. The molecule has 146 valence electrons. The summed E-state index contributed by atoms with van der Waals surface area (Å²) in [5, 5.41) is 4.24. The van der Waals surface area contributed by atoms with E-state index in [2.05, 4.69) is 5.10 Å². The number of ether oxygens (including phenoxy) is 1.